The Morgan fingerprint density at radius 3 is 2.84 bits per heavy atom. The molecule has 0 spiro atoms. The van der Waals surface area contributed by atoms with Crippen molar-refractivity contribution >= 4 is 61.5 Å². The van der Waals surface area contributed by atoms with E-state index in [2.05, 4.69) is 30.3 Å². The predicted molar refractivity (Wildman–Crippen MR) is 121 cm³/mol. The first-order valence-corrected chi connectivity index (χ1v) is 10.8. The van der Waals surface area contributed by atoms with Gasteiger partial charge in [-0.05, 0) is 36.7 Å². The average molecular weight is 470 g/mol. The number of nitrogens with zero attached hydrogens (tertiary/aromatic N) is 3. The topological polar surface area (TPSA) is 115 Å². The van der Waals surface area contributed by atoms with Crippen LogP contribution in [0, 0.1) is 0 Å². The van der Waals surface area contributed by atoms with Gasteiger partial charge in [-0.3, -0.25) is 4.79 Å². The summed E-state index contributed by atoms with van der Waals surface area (Å²) in [7, 11) is 1.24. The van der Waals surface area contributed by atoms with Crippen LogP contribution in [0.2, 0.25) is 5.28 Å². The van der Waals surface area contributed by atoms with Crippen molar-refractivity contribution in [2.45, 2.75) is 13.0 Å². The van der Waals surface area contributed by atoms with Gasteiger partial charge in [0.15, 0.2) is 5.69 Å². The number of aromatic nitrogens is 3. The SMILES string of the molecule is COC(=O)c1cc(Oc2ccc3c(ccc4sc5c(c43)NCC(C)NC5=O)n2)nc(Cl)n1. The molecular weight excluding hydrogens is 454 g/mol. The van der Waals surface area contributed by atoms with Crippen LogP contribution in [0.3, 0.4) is 0 Å². The van der Waals surface area contributed by atoms with Crippen molar-refractivity contribution in [2.24, 2.45) is 0 Å². The van der Waals surface area contributed by atoms with Gasteiger partial charge in [0, 0.05) is 40.2 Å². The molecular formula is C21H16ClN5O4S. The maximum absolute atomic E-state index is 12.6. The molecule has 1 aromatic carbocycles. The summed E-state index contributed by atoms with van der Waals surface area (Å²) in [5, 5.41) is 8.07. The third-order valence-corrected chi connectivity index (χ3v) is 6.27. The molecule has 0 bridgehead atoms. The van der Waals surface area contributed by atoms with Crippen LogP contribution in [-0.2, 0) is 4.74 Å². The molecule has 0 saturated carbocycles. The van der Waals surface area contributed by atoms with Gasteiger partial charge < -0.3 is 20.1 Å². The van der Waals surface area contributed by atoms with Crippen LogP contribution < -0.4 is 15.4 Å². The molecule has 0 saturated heterocycles. The summed E-state index contributed by atoms with van der Waals surface area (Å²) in [4.78, 5) is 37.4. The van der Waals surface area contributed by atoms with Crippen LogP contribution in [0.15, 0.2) is 30.3 Å². The number of carbonyl (C=O) groups is 2. The zero-order valence-electron chi connectivity index (χ0n) is 16.9. The number of esters is 1. The Bertz CT molecular complexity index is 1410. The van der Waals surface area contributed by atoms with Gasteiger partial charge in [-0.15, -0.1) is 11.3 Å². The number of hydrogen-bond donors (Lipinski definition) is 2. The lowest BCUT2D eigenvalue weighted by Gasteiger charge is -2.10. The third-order valence-electron chi connectivity index (χ3n) is 4.94. The molecule has 162 valence electrons. The Balaban J connectivity index is 1.56. The van der Waals surface area contributed by atoms with E-state index in [1.165, 1.54) is 24.5 Å². The van der Waals surface area contributed by atoms with Gasteiger partial charge >= 0.3 is 5.97 Å². The Morgan fingerprint density at radius 1 is 1.19 bits per heavy atom. The number of fused-ring (bicyclic) bond motifs is 5. The minimum Gasteiger partial charge on any atom is -0.464 e. The van der Waals surface area contributed by atoms with E-state index < -0.39 is 5.97 Å². The number of carbonyl (C=O) groups excluding carboxylic acids is 2. The highest BCUT2D eigenvalue weighted by Gasteiger charge is 2.25. The Labute approximate surface area is 190 Å². The third kappa shape index (κ3) is 3.57. The molecule has 0 radical (unpaired) electrons. The predicted octanol–water partition coefficient (Wildman–Crippen LogP) is 4.02. The van der Waals surface area contributed by atoms with E-state index in [1.54, 1.807) is 6.07 Å². The summed E-state index contributed by atoms with van der Waals surface area (Å²) in [6, 6.07) is 8.73. The van der Waals surface area contributed by atoms with Crippen LogP contribution in [0.1, 0.15) is 27.1 Å². The number of ether oxygens (including phenoxy) is 2. The van der Waals surface area contributed by atoms with Crippen molar-refractivity contribution in [1.29, 1.82) is 0 Å². The second-order valence-electron chi connectivity index (χ2n) is 7.17. The number of methoxy groups -OCH3 is 1. The Kier molecular flexibility index (Phi) is 5.03. The molecule has 0 fully saturated rings. The number of amides is 1. The molecule has 3 aromatic heterocycles. The number of thiophene rings is 1. The molecule has 5 rings (SSSR count). The van der Waals surface area contributed by atoms with E-state index in [-0.39, 0.29) is 34.7 Å². The van der Waals surface area contributed by atoms with Crippen molar-refractivity contribution in [3.63, 3.8) is 0 Å². The van der Waals surface area contributed by atoms with Gasteiger partial charge in [-0.25, -0.2) is 14.8 Å². The minimum absolute atomic E-state index is 0.0236. The minimum atomic E-state index is -0.656. The molecule has 1 aliphatic heterocycles. The van der Waals surface area contributed by atoms with Crippen molar-refractivity contribution in [2.75, 3.05) is 19.0 Å². The molecule has 1 amide bonds. The Morgan fingerprint density at radius 2 is 2.03 bits per heavy atom. The highest BCUT2D eigenvalue weighted by Crippen LogP contribution is 2.41. The molecule has 2 N–H and O–H groups in total. The number of benzene rings is 1. The van der Waals surface area contributed by atoms with Crippen LogP contribution in [0.5, 0.6) is 11.8 Å². The number of nitrogens with one attached hydrogen (secondary N) is 2. The lowest BCUT2D eigenvalue weighted by Crippen LogP contribution is -2.34. The van der Waals surface area contributed by atoms with E-state index in [0.29, 0.717) is 16.9 Å². The first kappa shape index (κ1) is 20.4. The summed E-state index contributed by atoms with van der Waals surface area (Å²) in [5.74, 6) is -0.406. The van der Waals surface area contributed by atoms with E-state index >= 15 is 0 Å². The lowest BCUT2D eigenvalue weighted by atomic mass is 10.1. The van der Waals surface area contributed by atoms with Gasteiger partial charge in [0.1, 0.15) is 4.88 Å². The van der Waals surface area contributed by atoms with E-state index in [9.17, 15) is 9.59 Å². The molecule has 1 unspecified atom stereocenters. The number of anilines is 1. The zero-order chi connectivity index (χ0) is 22.4. The van der Waals surface area contributed by atoms with Crippen LogP contribution in [0.25, 0.3) is 21.0 Å². The molecule has 0 aliphatic carbocycles. The second kappa shape index (κ2) is 7.88. The normalized spacial score (nSPS) is 15.6. The summed E-state index contributed by atoms with van der Waals surface area (Å²) in [5.41, 5.74) is 1.48. The average Bonchev–Trinajstić information content (AvgIpc) is 3.09. The molecule has 1 atom stereocenters. The molecule has 32 heavy (non-hydrogen) atoms. The largest absolute Gasteiger partial charge is 0.464 e. The fourth-order valence-corrected chi connectivity index (χ4v) is 4.80. The van der Waals surface area contributed by atoms with Crippen molar-refractivity contribution in [3.8, 4) is 11.8 Å². The smallest absolute Gasteiger partial charge is 0.356 e. The number of hydrogen-bond acceptors (Lipinski definition) is 9. The van der Waals surface area contributed by atoms with Crippen molar-refractivity contribution in [3.05, 3.63) is 46.2 Å². The quantitative estimate of drug-likeness (QED) is 0.341. The van der Waals surface area contributed by atoms with Crippen LogP contribution in [0.4, 0.5) is 5.69 Å². The Hall–Kier alpha value is -3.50. The molecule has 11 heteroatoms. The molecule has 4 aromatic rings. The molecule has 4 heterocycles. The van der Waals surface area contributed by atoms with Crippen molar-refractivity contribution in [1.82, 2.24) is 20.3 Å². The number of pyridine rings is 1. The maximum Gasteiger partial charge on any atom is 0.356 e. The second-order valence-corrected chi connectivity index (χ2v) is 8.56. The first-order valence-electron chi connectivity index (χ1n) is 9.64. The summed E-state index contributed by atoms with van der Waals surface area (Å²) in [6.07, 6.45) is 0. The van der Waals surface area contributed by atoms with Gasteiger partial charge in [-0.1, -0.05) is 0 Å². The number of rotatable bonds is 3. The number of halogens is 1. The van der Waals surface area contributed by atoms with E-state index in [4.69, 9.17) is 16.3 Å². The molecule has 9 nitrogen and oxygen atoms in total. The first-order chi connectivity index (χ1) is 15.4. The summed E-state index contributed by atoms with van der Waals surface area (Å²) >= 11 is 7.34. The van der Waals surface area contributed by atoms with Gasteiger partial charge in [0.25, 0.3) is 5.91 Å². The van der Waals surface area contributed by atoms with E-state index in [1.807, 2.05) is 25.1 Å². The van der Waals surface area contributed by atoms with Gasteiger partial charge in [-0.2, -0.15) is 4.98 Å². The van der Waals surface area contributed by atoms with Crippen LogP contribution in [-0.4, -0.2) is 46.5 Å². The fraction of sp³-hybridized carbons (Fsp3) is 0.190. The summed E-state index contributed by atoms with van der Waals surface area (Å²) < 4.78 is 11.4. The fourth-order valence-electron chi connectivity index (χ4n) is 3.53. The highest BCUT2D eigenvalue weighted by atomic mass is 35.5. The maximum atomic E-state index is 12.6. The lowest BCUT2D eigenvalue weighted by molar-refractivity contribution is 0.0593. The van der Waals surface area contributed by atoms with E-state index in [0.717, 1.165) is 21.2 Å². The monoisotopic (exact) mass is 469 g/mol. The zero-order valence-corrected chi connectivity index (χ0v) is 18.5. The van der Waals surface area contributed by atoms with Crippen LogP contribution >= 0.6 is 22.9 Å². The summed E-state index contributed by atoms with van der Waals surface area (Å²) in [6.45, 7) is 2.59. The molecule has 1 aliphatic rings. The van der Waals surface area contributed by atoms with Gasteiger partial charge in [0.2, 0.25) is 17.0 Å². The van der Waals surface area contributed by atoms with Crippen molar-refractivity contribution < 1.29 is 19.1 Å². The standard InChI is InChI=1S/C21H16ClN5O4S/c1-9-8-23-17-16-10-3-6-14(31-15-7-12(20(29)30-2)26-21(22)27-15)25-11(10)4-5-13(16)32-18(17)19(28)24-9/h3-7,9,23H,8H2,1-2H3,(H,24,28). The highest BCUT2D eigenvalue weighted by molar-refractivity contribution is 7.21. The van der Waals surface area contributed by atoms with Gasteiger partial charge in [0.05, 0.1) is 18.3 Å².